The van der Waals surface area contributed by atoms with E-state index in [9.17, 15) is 9.59 Å². The molecule has 2 unspecified atom stereocenters. The van der Waals surface area contributed by atoms with Crippen molar-refractivity contribution in [2.75, 3.05) is 5.32 Å². The molecule has 1 fully saturated rings. The summed E-state index contributed by atoms with van der Waals surface area (Å²) >= 11 is 1.42. The number of nitrogens with one attached hydrogen (secondary N) is 1. The van der Waals surface area contributed by atoms with Gasteiger partial charge in [-0.2, -0.15) is 0 Å². The molecule has 1 spiro atoms. The van der Waals surface area contributed by atoms with Crippen molar-refractivity contribution in [3.63, 3.8) is 0 Å². The van der Waals surface area contributed by atoms with Crippen LogP contribution >= 0.6 is 11.3 Å². The molecule has 2 heterocycles. The van der Waals surface area contributed by atoms with E-state index in [4.69, 9.17) is 0 Å². The summed E-state index contributed by atoms with van der Waals surface area (Å²) in [4.78, 5) is 33.2. The van der Waals surface area contributed by atoms with Crippen molar-refractivity contribution in [1.82, 2.24) is 9.88 Å². The highest BCUT2D eigenvalue weighted by atomic mass is 32.1. The fraction of sp³-hybridized carbons (Fsp3) is 0.476. The molecule has 2 amide bonds. The van der Waals surface area contributed by atoms with Gasteiger partial charge in [0.2, 0.25) is 5.91 Å². The van der Waals surface area contributed by atoms with Crippen LogP contribution in [0.2, 0.25) is 0 Å². The molecule has 0 radical (unpaired) electrons. The molecule has 1 saturated carbocycles. The van der Waals surface area contributed by atoms with Crippen molar-refractivity contribution in [3.05, 3.63) is 47.0 Å². The van der Waals surface area contributed by atoms with E-state index >= 15 is 0 Å². The summed E-state index contributed by atoms with van der Waals surface area (Å²) in [5.41, 5.74) is 1.08. The molecule has 0 saturated heterocycles. The van der Waals surface area contributed by atoms with Crippen LogP contribution in [0.5, 0.6) is 0 Å². The zero-order valence-electron chi connectivity index (χ0n) is 15.8. The maximum absolute atomic E-state index is 13.5. The highest BCUT2D eigenvalue weighted by Gasteiger charge is 2.56. The number of thiazole rings is 1. The number of carbonyl (C=O) groups is 2. The Morgan fingerprint density at radius 2 is 2.11 bits per heavy atom. The van der Waals surface area contributed by atoms with Crippen molar-refractivity contribution in [3.8, 4) is 0 Å². The van der Waals surface area contributed by atoms with E-state index in [1.54, 1.807) is 6.20 Å². The lowest BCUT2D eigenvalue weighted by molar-refractivity contribution is -0.121. The minimum atomic E-state index is -0.442. The van der Waals surface area contributed by atoms with Crippen LogP contribution in [-0.4, -0.2) is 33.3 Å². The highest BCUT2D eigenvalue weighted by Crippen LogP contribution is 2.51. The van der Waals surface area contributed by atoms with Crippen LogP contribution in [0, 0.1) is 0 Å². The fourth-order valence-electron chi connectivity index (χ4n) is 4.89. The minimum absolute atomic E-state index is 0.0555. The quantitative estimate of drug-likeness (QED) is 0.849. The summed E-state index contributed by atoms with van der Waals surface area (Å²) in [5, 5.41) is 5.47. The topological polar surface area (TPSA) is 62.3 Å². The van der Waals surface area contributed by atoms with Crippen LogP contribution in [0.3, 0.4) is 0 Å². The lowest BCUT2D eigenvalue weighted by atomic mass is 9.70. The van der Waals surface area contributed by atoms with Crippen LogP contribution in [0.4, 0.5) is 5.13 Å². The maximum atomic E-state index is 13.5. The van der Waals surface area contributed by atoms with E-state index in [2.05, 4.69) is 24.1 Å². The van der Waals surface area contributed by atoms with Crippen molar-refractivity contribution < 1.29 is 9.59 Å². The minimum Gasteiger partial charge on any atom is -0.329 e. The molecule has 2 atom stereocenters. The standard InChI is InChI=1S/C21H25N3O2S/c1-3-14(2)24-19(26)16-9-5-4-8-15(16)17(21(24)10-6-7-11-21)18(25)23-20-22-12-13-27-20/h4-5,8-9,12-14,17H,3,6-7,10-11H2,1-2H3,(H,22,23,25). The van der Waals surface area contributed by atoms with E-state index in [-0.39, 0.29) is 23.8 Å². The monoisotopic (exact) mass is 383 g/mol. The van der Waals surface area contributed by atoms with Crippen molar-refractivity contribution in [2.24, 2.45) is 0 Å². The largest absolute Gasteiger partial charge is 0.329 e. The van der Waals surface area contributed by atoms with Gasteiger partial charge in [-0.15, -0.1) is 11.3 Å². The molecule has 2 aromatic rings. The average molecular weight is 384 g/mol. The molecule has 1 aromatic heterocycles. The first-order valence-corrected chi connectivity index (χ1v) is 10.6. The smallest absolute Gasteiger partial charge is 0.254 e. The van der Waals surface area contributed by atoms with E-state index < -0.39 is 5.54 Å². The molecule has 4 rings (SSSR count). The van der Waals surface area contributed by atoms with Crippen LogP contribution < -0.4 is 5.32 Å². The lowest BCUT2D eigenvalue weighted by Crippen LogP contribution is -2.62. The maximum Gasteiger partial charge on any atom is 0.254 e. The van der Waals surface area contributed by atoms with Gasteiger partial charge in [0.05, 0.1) is 11.5 Å². The van der Waals surface area contributed by atoms with Gasteiger partial charge in [0.25, 0.3) is 5.91 Å². The number of carbonyl (C=O) groups excluding carboxylic acids is 2. The van der Waals surface area contributed by atoms with Gasteiger partial charge in [-0.1, -0.05) is 38.0 Å². The molecular weight excluding hydrogens is 358 g/mol. The molecular formula is C21H25N3O2S. The molecule has 1 aliphatic carbocycles. The molecule has 5 nitrogen and oxygen atoms in total. The zero-order chi connectivity index (χ0) is 19.0. The van der Waals surface area contributed by atoms with Crippen LogP contribution in [0.15, 0.2) is 35.8 Å². The molecule has 0 bridgehead atoms. The van der Waals surface area contributed by atoms with Crippen molar-refractivity contribution in [1.29, 1.82) is 0 Å². The Morgan fingerprint density at radius 3 is 2.78 bits per heavy atom. The number of nitrogens with zero attached hydrogens (tertiary/aromatic N) is 2. The predicted octanol–water partition coefficient (Wildman–Crippen LogP) is 4.43. The molecule has 1 aliphatic heterocycles. The third-order valence-corrected chi connectivity index (χ3v) is 6.85. The normalized spacial score (nSPS) is 21.9. The average Bonchev–Trinajstić information content (AvgIpc) is 3.34. The van der Waals surface area contributed by atoms with Gasteiger partial charge in [0.1, 0.15) is 0 Å². The SMILES string of the molecule is CCC(C)N1C(=O)c2ccccc2C(C(=O)Nc2nccs2)C12CCCC2. The Kier molecular flexibility index (Phi) is 4.76. The van der Waals surface area contributed by atoms with Gasteiger partial charge in [0.15, 0.2) is 5.13 Å². The van der Waals surface area contributed by atoms with Gasteiger partial charge in [-0.05, 0) is 37.8 Å². The summed E-state index contributed by atoms with van der Waals surface area (Å²) in [5.74, 6) is -0.355. The van der Waals surface area contributed by atoms with Gasteiger partial charge in [0, 0.05) is 23.2 Å². The van der Waals surface area contributed by atoms with Crippen molar-refractivity contribution in [2.45, 2.75) is 63.5 Å². The molecule has 142 valence electrons. The second-order valence-electron chi connectivity index (χ2n) is 7.59. The number of hydrogen-bond donors (Lipinski definition) is 1. The molecule has 1 aromatic carbocycles. The van der Waals surface area contributed by atoms with Gasteiger partial charge < -0.3 is 10.2 Å². The first-order chi connectivity index (χ1) is 13.1. The van der Waals surface area contributed by atoms with Gasteiger partial charge in [-0.25, -0.2) is 4.98 Å². The number of fused-ring (bicyclic) bond motifs is 1. The molecule has 6 heteroatoms. The van der Waals surface area contributed by atoms with E-state index in [0.717, 1.165) is 37.7 Å². The third-order valence-electron chi connectivity index (χ3n) is 6.16. The summed E-state index contributed by atoms with van der Waals surface area (Å²) < 4.78 is 0. The number of aromatic nitrogens is 1. The summed E-state index contributed by atoms with van der Waals surface area (Å²) in [6.45, 7) is 4.20. The fourth-order valence-corrected chi connectivity index (χ4v) is 5.42. The molecule has 1 N–H and O–H groups in total. The van der Waals surface area contributed by atoms with Crippen LogP contribution in [0.1, 0.15) is 67.8 Å². The Morgan fingerprint density at radius 1 is 1.37 bits per heavy atom. The van der Waals surface area contributed by atoms with Crippen LogP contribution in [-0.2, 0) is 4.79 Å². The van der Waals surface area contributed by atoms with E-state index in [0.29, 0.717) is 10.7 Å². The van der Waals surface area contributed by atoms with Gasteiger partial charge >= 0.3 is 0 Å². The Bertz CT molecular complexity index is 843. The lowest BCUT2D eigenvalue weighted by Gasteiger charge is -2.52. The summed E-state index contributed by atoms with van der Waals surface area (Å²) in [6.07, 6.45) is 6.39. The number of anilines is 1. The third kappa shape index (κ3) is 2.87. The van der Waals surface area contributed by atoms with E-state index in [1.165, 1.54) is 11.3 Å². The second-order valence-corrected chi connectivity index (χ2v) is 8.48. The summed E-state index contributed by atoms with van der Waals surface area (Å²) in [7, 11) is 0. The number of hydrogen-bond acceptors (Lipinski definition) is 4. The molecule has 2 aliphatic rings. The number of rotatable bonds is 4. The zero-order valence-corrected chi connectivity index (χ0v) is 16.6. The van der Waals surface area contributed by atoms with Crippen LogP contribution in [0.25, 0.3) is 0 Å². The second kappa shape index (κ2) is 7.08. The highest BCUT2D eigenvalue weighted by molar-refractivity contribution is 7.13. The number of benzene rings is 1. The Balaban J connectivity index is 1.85. The van der Waals surface area contributed by atoms with Crippen molar-refractivity contribution >= 4 is 28.3 Å². The first-order valence-electron chi connectivity index (χ1n) is 9.71. The summed E-state index contributed by atoms with van der Waals surface area (Å²) in [6, 6.07) is 7.72. The van der Waals surface area contributed by atoms with Gasteiger partial charge in [-0.3, -0.25) is 9.59 Å². The number of amides is 2. The Hall–Kier alpha value is -2.21. The Labute approximate surface area is 163 Å². The predicted molar refractivity (Wildman–Crippen MR) is 107 cm³/mol. The van der Waals surface area contributed by atoms with E-state index in [1.807, 2.05) is 34.5 Å². The first kappa shape index (κ1) is 18.2. The molecule has 27 heavy (non-hydrogen) atoms.